The van der Waals surface area contributed by atoms with Gasteiger partial charge in [0, 0.05) is 20.8 Å². The topological polar surface area (TPSA) is 38.0 Å². The minimum absolute atomic E-state index is 0.323. The van der Waals surface area contributed by atoms with Crippen LogP contribution in [-0.2, 0) is 0 Å². The number of rotatable bonds is 7. The summed E-state index contributed by atoms with van der Waals surface area (Å²) in [6.07, 6.45) is 5.58. The van der Waals surface area contributed by atoms with E-state index in [-0.39, 0.29) is 0 Å². The first kappa shape index (κ1) is 13.5. The second kappa shape index (κ2) is 6.32. The van der Waals surface area contributed by atoms with Crippen molar-refractivity contribution < 1.29 is 0 Å². The molecule has 96 valence electrons. The summed E-state index contributed by atoms with van der Waals surface area (Å²) in [4.78, 5) is 2.68. The maximum absolute atomic E-state index is 5.85. The van der Waals surface area contributed by atoms with Gasteiger partial charge in [0.2, 0.25) is 0 Å². The van der Waals surface area contributed by atoms with Gasteiger partial charge in [0.05, 0.1) is 6.04 Å². The molecule has 3 N–H and O–H groups in total. The normalized spacial score (nSPS) is 17.4. The highest BCUT2D eigenvalue weighted by Gasteiger charge is 2.20. The molecular weight excluding hydrogens is 296 g/mol. The van der Waals surface area contributed by atoms with Crippen LogP contribution in [0, 0.1) is 12.8 Å². The summed E-state index contributed by atoms with van der Waals surface area (Å²) in [5.74, 6) is 1.03. The van der Waals surface area contributed by atoms with Gasteiger partial charge in [0.15, 0.2) is 0 Å². The Balaban J connectivity index is 1.78. The summed E-state index contributed by atoms with van der Waals surface area (Å²) < 4.78 is 1.20. The minimum Gasteiger partial charge on any atom is -0.329 e. The fraction of sp³-hybridized carbons (Fsp3) is 0.692. The SMILES string of the molecule is Cc1sc(C(CN)NCCCC2CC2)cc1Br. The van der Waals surface area contributed by atoms with E-state index in [1.807, 2.05) is 11.3 Å². The van der Waals surface area contributed by atoms with Crippen molar-refractivity contribution in [1.29, 1.82) is 0 Å². The fourth-order valence-electron chi connectivity index (χ4n) is 2.03. The number of nitrogens with one attached hydrogen (secondary N) is 1. The highest BCUT2D eigenvalue weighted by atomic mass is 79.9. The van der Waals surface area contributed by atoms with Crippen LogP contribution >= 0.6 is 27.3 Å². The average Bonchev–Trinajstić information content (AvgIpc) is 3.06. The van der Waals surface area contributed by atoms with Crippen molar-refractivity contribution in [3.63, 3.8) is 0 Å². The number of hydrogen-bond donors (Lipinski definition) is 2. The van der Waals surface area contributed by atoms with E-state index in [0.717, 1.165) is 12.5 Å². The molecule has 1 fully saturated rings. The standard InChI is InChI=1S/C13H21BrN2S/c1-9-11(14)7-13(17-9)12(8-15)16-6-2-3-10-4-5-10/h7,10,12,16H,2-6,8,15H2,1H3. The van der Waals surface area contributed by atoms with Gasteiger partial charge in [-0.1, -0.05) is 12.8 Å². The third-order valence-corrected chi connectivity index (χ3v) is 5.58. The molecule has 1 aliphatic rings. The molecule has 0 aromatic carbocycles. The van der Waals surface area contributed by atoms with E-state index in [1.54, 1.807) is 0 Å². The van der Waals surface area contributed by atoms with Crippen molar-refractivity contribution in [2.24, 2.45) is 11.7 Å². The molecule has 0 radical (unpaired) electrons. The summed E-state index contributed by atoms with van der Waals surface area (Å²) >= 11 is 5.40. The van der Waals surface area contributed by atoms with Crippen molar-refractivity contribution in [2.75, 3.05) is 13.1 Å². The van der Waals surface area contributed by atoms with Crippen molar-refractivity contribution >= 4 is 27.3 Å². The Morgan fingerprint density at radius 1 is 1.59 bits per heavy atom. The first-order valence-electron chi connectivity index (χ1n) is 6.40. The van der Waals surface area contributed by atoms with Gasteiger partial charge in [-0.3, -0.25) is 0 Å². The third-order valence-electron chi connectivity index (χ3n) is 3.33. The van der Waals surface area contributed by atoms with Crippen molar-refractivity contribution in [3.8, 4) is 0 Å². The van der Waals surface area contributed by atoms with Crippen LogP contribution in [0.2, 0.25) is 0 Å². The van der Waals surface area contributed by atoms with Crippen molar-refractivity contribution in [2.45, 2.75) is 38.6 Å². The van der Waals surface area contributed by atoms with Crippen LogP contribution in [0.5, 0.6) is 0 Å². The smallest absolute Gasteiger partial charge is 0.0539 e. The van der Waals surface area contributed by atoms with Gasteiger partial charge in [-0.2, -0.15) is 0 Å². The fourth-order valence-corrected chi connectivity index (χ4v) is 3.68. The Labute approximate surface area is 116 Å². The largest absolute Gasteiger partial charge is 0.329 e. The number of hydrogen-bond acceptors (Lipinski definition) is 3. The quantitative estimate of drug-likeness (QED) is 0.754. The average molecular weight is 317 g/mol. The van der Waals surface area contributed by atoms with Gasteiger partial charge in [-0.15, -0.1) is 11.3 Å². The molecule has 0 bridgehead atoms. The van der Waals surface area contributed by atoms with Gasteiger partial charge in [-0.25, -0.2) is 0 Å². The Bertz CT molecular complexity index is 341. The zero-order valence-electron chi connectivity index (χ0n) is 10.3. The molecule has 4 heteroatoms. The summed E-state index contributed by atoms with van der Waals surface area (Å²) in [5, 5.41) is 3.57. The maximum atomic E-state index is 5.85. The zero-order valence-corrected chi connectivity index (χ0v) is 12.7. The minimum atomic E-state index is 0.323. The van der Waals surface area contributed by atoms with Crippen LogP contribution < -0.4 is 11.1 Å². The molecule has 0 spiro atoms. The van der Waals surface area contributed by atoms with Gasteiger partial charge in [-0.05, 0) is 54.2 Å². The molecule has 1 unspecified atom stereocenters. The van der Waals surface area contributed by atoms with E-state index in [9.17, 15) is 0 Å². The van der Waals surface area contributed by atoms with Crippen molar-refractivity contribution in [3.05, 3.63) is 20.3 Å². The maximum Gasteiger partial charge on any atom is 0.0539 e. The molecule has 0 amide bonds. The zero-order chi connectivity index (χ0) is 12.3. The Morgan fingerprint density at radius 2 is 2.35 bits per heavy atom. The molecular formula is C13H21BrN2S. The van der Waals surface area contributed by atoms with Gasteiger partial charge < -0.3 is 11.1 Å². The lowest BCUT2D eigenvalue weighted by molar-refractivity contribution is 0.517. The van der Waals surface area contributed by atoms with E-state index in [1.165, 1.54) is 39.9 Å². The molecule has 0 saturated heterocycles. The van der Waals surface area contributed by atoms with Crippen LogP contribution in [0.3, 0.4) is 0 Å². The Kier molecular flexibility index (Phi) is 5.03. The second-order valence-electron chi connectivity index (χ2n) is 4.88. The first-order chi connectivity index (χ1) is 8.20. The van der Waals surface area contributed by atoms with Crippen molar-refractivity contribution in [1.82, 2.24) is 5.32 Å². The molecule has 1 aromatic heterocycles. The molecule has 2 rings (SSSR count). The second-order valence-corrected chi connectivity index (χ2v) is 7.02. The molecule has 17 heavy (non-hydrogen) atoms. The number of halogens is 1. The van der Waals surface area contributed by atoms with Crippen LogP contribution in [0.1, 0.15) is 41.5 Å². The first-order valence-corrected chi connectivity index (χ1v) is 8.01. The van der Waals surface area contributed by atoms with E-state index >= 15 is 0 Å². The molecule has 1 atom stereocenters. The summed E-state index contributed by atoms with van der Waals surface area (Å²) in [6, 6.07) is 2.52. The highest BCUT2D eigenvalue weighted by Crippen LogP contribution is 2.33. The lowest BCUT2D eigenvalue weighted by Crippen LogP contribution is -2.28. The lowest BCUT2D eigenvalue weighted by atomic mass is 10.2. The number of thiophene rings is 1. The molecule has 1 saturated carbocycles. The van der Waals surface area contributed by atoms with Crippen LogP contribution in [0.25, 0.3) is 0 Å². The van der Waals surface area contributed by atoms with E-state index in [4.69, 9.17) is 5.73 Å². The number of nitrogens with two attached hydrogens (primary N) is 1. The molecule has 1 aliphatic carbocycles. The van der Waals surface area contributed by atoms with Crippen LogP contribution in [0.15, 0.2) is 10.5 Å². The molecule has 0 aliphatic heterocycles. The predicted octanol–water partition coefficient (Wildman–Crippen LogP) is 3.60. The lowest BCUT2D eigenvalue weighted by Gasteiger charge is -2.15. The summed E-state index contributed by atoms with van der Waals surface area (Å²) in [5.41, 5.74) is 5.85. The molecule has 2 nitrogen and oxygen atoms in total. The van der Waals surface area contributed by atoms with Gasteiger partial charge in [0.1, 0.15) is 0 Å². The summed E-state index contributed by atoms with van der Waals surface area (Å²) in [7, 11) is 0. The predicted molar refractivity (Wildman–Crippen MR) is 78.5 cm³/mol. The highest BCUT2D eigenvalue weighted by molar-refractivity contribution is 9.10. The third kappa shape index (κ3) is 4.05. The van der Waals surface area contributed by atoms with E-state index in [0.29, 0.717) is 12.6 Å². The van der Waals surface area contributed by atoms with E-state index < -0.39 is 0 Å². The Morgan fingerprint density at radius 3 is 2.88 bits per heavy atom. The van der Waals surface area contributed by atoms with Crippen LogP contribution in [-0.4, -0.2) is 13.1 Å². The van der Waals surface area contributed by atoms with E-state index in [2.05, 4.69) is 34.2 Å². The Hall–Kier alpha value is 0.100. The number of aryl methyl sites for hydroxylation is 1. The summed E-state index contributed by atoms with van der Waals surface area (Å²) in [6.45, 7) is 3.90. The van der Waals surface area contributed by atoms with Gasteiger partial charge >= 0.3 is 0 Å². The van der Waals surface area contributed by atoms with Crippen LogP contribution in [0.4, 0.5) is 0 Å². The molecule has 1 aromatic rings. The van der Waals surface area contributed by atoms with Gasteiger partial charge in [0.25, 0.3) is 0 Å². The monoisotopic (exact) mass is 316 g/mol. The molecule has 1 heterocycles.